The fourth-order valence-electron chi connectivity index (χ4n) is 3.05. The molecule has 0 amide bonds. The van der Waals surface area contributed by atoms with Crippen LogP contribution in [0.15, 0.2) is 18.2 Å². The minimum absolute atomic E-state index is 0.148. The minimum Gasteiger partial charge on any atom is -0.378 e. The highest BCUT2D eigenvalue weighted by Gasteiger charge is 2.34. The van der Waals surface area contributed by atoms with Gasteiger partial charge in [0, 0.05) is 22.8 Å². The number of nitrogens with two attached hydrogens (primary N) is 1. The van der Waals surface area contributed by atoms with Crippen molar-refractivity contribution in [2.75, 3.05) is 11.9 Å². The smallest absolute Gasteiger partial charge is 0.126 e. The van der Waals surface area contributed by atoms with Gasteiger partial charge in [-0.05, 0) is 49.3 Å². The second-order valence-electron chi connectivity index (χ2n) is 6.79. The molecule has 1 aromatic rings. The van der Waals surface area contributed by atoms with E-state index in [1.54, 1.807) is 6.07 Å². The van der Waals surface area contributed by atoms with Crippen LogP contribution in [-0.2, 0) is 0 Å². The SMILES string of the molecule is CC1(C)CCCC(CN)(Nc2cc(F)cc(Cl)c2)CC1. The molecule has 112 valence electrons. The number of halogens is 2. The molecule has 0 aliphatic heterocycles. The summed E-state index contributed by atoms with van der Waals surface area (Å²) in [6.45, 7) is 5.16. The summed E-state index contributed by atoms with van der Waals surface area (Å²) in [6.07, 6.45) is 5.49. The van der Waals surface area contributed by atoms with E-state index in [-0.39, 0.29) is 11.4 Å². The summed E-state index contributed by atoms with van der Waals surface area (Å²) in [5.74, 6) is -0.318. The van der Waals surface area contributed by atoms with Crippen molar-refractivity contribution in [3.05, 3.63) is 29.0 Å². The normalized spacial score (nSPS) is 26.1. The molecule has 1 fully saturated rings. The van der Waals surface area contributed by atoms with E-state index in [1.807, 2.05) is 0 Å². The molecule has 0 aromatic heterocycles. The van der Waals surface area contributed by atoms with Gasteiger partial charge in [-0.15, -0.1) is 0 Å². The molecule has 0 saturated heterocycles. The Morgan fingerprint density at radius 2 is 1.95 bits per heavy atom. The van der Waals surface area contributed by atoms with Crippen LogP contribution in [-0.4, -0.2) is 12.1 Å². The van der Waals surface area contributed by atoms with Gasteiger partial charge in [0.25, 0.3) is 0 Å². The Balaban J connectivity index is 2.18. The van der Waals surface area contributed by atoms with E-state index in [0.717, 1.165) is 31.4 Å². The molecule has 0 bridgehead atoms. The molecule has 0 radical (unpaired) electrons. The van der Waals surface area contributed by atoms with Gasteiger partial charge in [0.05, 0.1) is 0 Å². The van der Waals surface area contributed by atoms with Crippen molar-refractivity contribution in [3.63, 3.8) is 0 Å². The van der Waals surface area contributed by atoms with Gasteiger partial charge in [-0.25, -0.2) is 4.39 Å². The van der Waals surface area contributed by atoms with Crippen LogP contribution in [0.25, 0.3) is 0 Å². The van der Waals surface area contributed by atoms with E-state index in [9.17, 15) is 4.39 Å². The van der Waals surface area contributed by atoms with Crippen molar-refractivity contribution in [1.29, 1.82) is 0 Å². The highest BCUT2D eigenvalue weighted by molar-refractivity contribution is 6.30. The van der Waals surface area contributed by atoms with E-state index < -0.39 is 0 Å². The summed E-state index contributed by atoms with van der Waals surface area (Å²) >= 11 is 5.92. The lowest BCUT2D eigenvalue weighted by Crippen LogP contribution is -2.45. The molecule has 0 spiro atoms. The molecule has 4 heteroatoms. The third-order valence-corrected chi connectivity index (χ3v) is 4.67. The minimum atomic E-state index is -0.318. The molecule has 2 nitrogen and oxygen atoms in total. The highest BCUT2D eigenvalue weighted by atomic mass is 35.5. The van der Waals surface area contributed by atoms with Crippen molar-refractivity contribution in [3.8, 4) is 0 Å². The zero-order valence-electron chi connectivity index (χ0n) is 12.3. The molecule has 3 N–H and O–H groups in total. The molecule has 1 atom stereocenters. The lowest BCUT2D eigenvalue weighted by Gasteiger charge is -2.34. The Hall–Kier alpha value is -0.800. The Kier molecular flexibility index (Phi) is 4.60. The summed E-state index contributed by atoms with van der Waals surface area (Å²) in [5, 5.41) is 3.86. The highest BCUT2D eigenvalue weighted by Crippen LogP contribution is 2.39. The molecule has 1 aromatic carbocycles. The summed E-state index contributed by atoms with van der Waals surface area (Å²) in [4.78, 5) is 0. The molecule has 1 aliphatic carbocycles. The molecule has 20 heavy (non-hydrogen) atoms. The Morgan fingerprint density at radius 1 is 1.20 bits per heavy atom. The first kappa shape index (κ1) is 15.6. The second-order valence-corrected chi connectivity index (χ2v) is 7.22. The van der Waals surface area contributed by atoms with E-state index in [4.69, 9.17) is 17.3 Å². The van der Waals surface area contributed by atoms with Gasteiger partial charge in [-0.2, -0.15) is 0 Å². The van der Waals surface area contributed by atoms with Crippen molar-refractivity contribution in [1.82, 2.24) is 0 Å². The molecule has 1 aliphatic rings. The van der Waals surface area contributed by atoms with Crippen LogP contribution in [0.3, 0.4) is 0 Å². The van der Waals surface area contributed by atoms with Crippen molar-refractivity contribution in [2.24, 2.45) is 11.1 Å². The number of hydrogen-bond acceptors (Lipinski definition) is 2. The van der Waals surface area contributed by atoms with Crippen molar-refractivity contribution in [2.45, 2.75) is 51.5 Å². The van der Waals surface area contributed by atoms with Gasteiger partial charge < -0.3 is 11.1 Å². The summed E-state index contributed by atoms with van der Waals surface area (Å²) in [5.41, 5.74) is 6.96. The third kappa shape index (κ3) is 3.86. The van der Waals surface area contributed by atoms with Crippen LogP contribution >= 0.6 is 11.6 Å². The van der Waals surface area contributed by atoms with Gasteiger partial charge >= 0.3 is 0 Å². The van der Waals surface area contributed by atoms with E-state index >= 15 is 0 Å². The Morgan fingerprint density at radius 3 is 2.60 bits per heavy atom. The number of benzene rings is 1. The van der Waals surface area contributed by atoms with Crippen molar-refractivity contribution < 1.29 is 4.39 Å². The predicted molar refractivity (Wildman–Crippen MR) is 83.7 cm³/mol. The first-order valence-electron chi connectivity index (χ1n) is 7.29. The average molecular weight is 299 g/mol. The maximum Gasteiger partial charge on any atom is 0.126 e. The first-order chi connectivity index (χ1) is 9.34. The number of rotatable bonds is 3. The molecule has 1 unspecified atom stereocenters. The number of hydrogen-bond donors (Lipinski definition) is 2. The third-order valence-electron chi connectivity index (χ3n) is 4.45. The van der Waals surface area contributed by atoms with Crippen LogP contribution in [0.4, 0.5) is 10.1 Å². The fraction of sp³-hybridized carbons (Fsp3) is 0.625. The summed E-state index contributed by atoms with van der Waals surface area (Å²) < 4.78 is 13.5. The van der Waals surface area contributed by atoms with Gasteiger partial charge in [0.2, 0.25) is 0 Å². The van der Waals surface area contributed by atoms with Crippen LogP contribution in [0.1, 0.15) is 46.0 Å². The number of anilines is 1. The molecular formula is C16H24ClFN2. The molecular weight excluding hydrogens is 275 g/mol. The van der Waals surface area contributed by atoms with Gasteiger partial charge in [0.15, 0.2) is 0 Å². The quantitative estimate of drug-likeness (QED) is 0.802. The van der Waals surface area contributed by atoms with Crippen LogP contribution in [0, 0.1) is 11.2 Å². The molecule has 2 rings (SSSR count). The average Bonchev–Trinajstić information content (AvgIpc) is 2.48. The number of nitrogens with one attached hydrogen (secondary N) is 1. The lowest BCUT2D eigenvalue weighted by atomic mass is 9.83. The monoisotopic (exact) mass is 298 g/mol. The zero-order valence-corrected chi connectivity index (χ0v) is 13.1. The topological polar surface area (TPSA) is 38.0 Å². The van der Waals surface area contributed by atoms with Crippen LogP contribution < -0.4 is 11.1 Å². The van der Waals surface area contributed by atoms with E-state index in [2.05, 4.69) is 19.2 Å². The molecule has 1 saturated carbocycles. The fourth-order valence-corrected chi connectivity index (χ4v) is 3.27. The first-order valence-corrected chi connectivity index (χ1v) is 7.66. The second kappa shape index (κ2) is 5.90. The van der Waals surface area contributed by atoms with Crippen LogP contribution in [0.5, 0.6) is 0 Å². The Labute approximate surface area is 125 Å². The zero-order chi connectivity index (χ0) is 14.8. The van der Waals surface area contributed by atoms with Crippen molar-refractivity contribution >= 4 is 17.3 Å². The van der Waals surface area contributed by atoms with E-state index in [0.29, 0.717) is 17.0 Å². The summed E-state index contributed by atoms with van der Waals surface area (Å²) in [7, 11) is 0. The van der Waals surface area contributed by atoms with Gasteiger partial charge in [-0.1, -0.05) is 31.9 Å². The predicted octanol–water partition coefficient (Wildman–Crippen LogP) is 4.58. The van der Waals surface area contributed by atoms with E-state index in [1.165, 1.54) is 18.6 Å². The van der Waals surface area contributed by atoms with Crippen LogP contribution in [0.2, 0.25) is 5.02 Å². The maximum atomic E-state index is 13.5. The lowest BCUT2D eigenvalue weighted by molar-refractivity contribution is 0.305. The standard InChI is InChI=1S/C16H24ClFN2/c1-15(2)4-3-5-16(11-19,7-6-15)20-14-9-12(17)8-13(18)10-14/h8-10,20H,3-7,11,19H2,1-2H3. The maximum absolute atomic E-state index is 13.5. The molecule has 0 heterocycles. The summed E-state index contributed by atoms with van der Waals surface area (Å²) in [6, 6.07) is 4.56. The van der Waals surface area contributed by atoms with Gasteiger partial charge in [0.1, 0.15) is 5.82 Å². The Bertz CT molecular complexity index is 455. The largest absolute Gasteiger partial charge is 0.378 e. The van der Waals surface area contributed by atoms with Gasteiger partial charge in [-0.3, -0.25) is 0 Å².